The molecular weight excluding hydrogens is 453 g/mol. The van der Waals surface area contributed by atoms with Crippen LogP contribution in [0, 0.1) is 5.82 Å². The second-order valence-electron chi connectivity index (χ2n) is 6.89. The van der Waals surface area contributed by atoms with Gasteiger partial charge in [-0.3, -0.25) is 4.79 Å². The van der Waals surface area contributed by atoms with Crippen molar-refractivity contribution < 1.29 is 27.5 Å². The summed E-state index contributed by atoms with van der Waals surface area (Å²) >= 11 is 3.22. The maximum atomic E-state index is 13.0. The van der Waals surface area contributed by atoms with E-state index < -0.39 is 33.0 Å². The number of hydrogen-bond acceptors (Lipinski definition) is 4. The number of amides is 1. The number of rotatable bonds is 6. The molecule has 9 heteroatoms. The average Bonchev–Trinajstić information content (AvgIpc) is 2.60. The molecule has 6 nitrogen and oxygen atoms in total. The Labute approximate surface area is 171 Å². The standard InChI is InChI=1S/C19H19BrFNO5S/c1-19(2,22(3)18(24)25)11-28(26,27)14-8-9-15(16(20)10-14)17(23)12-4-6-13(21)7-5-12/h4-10H,11H2,1-3H3,(H,24,25). The number of hydrogen-bond donors (Lipinski definition) is 1. The molecule has 0 atom stereocenters. The summed E-state index contributed by atoms with van der Waals surface area (Å²) in [4.78, 5) is 24.6. The Kier molecular flexibility index (Phi) is 6.30. The van der Waals surface area contributed by atoms with Gasteiger partial charge in [0.05, 0.1) is 16.2 Å². The number of ketones is 1. The quantitative estimate of drug-likeness (QED) is 0.643. The summed E-state index contributed by atoms with van der Waals surface area (Å²) in [5.41, 5.74) is -0.658. The van der Waals surface area contributed by atoms with Crippen LogP contribution >= 0.6 is 15.9 Å². The lowest BCUT2D eigenvalue weighted by Crippen LogP contribution is -2.49. The van der Waals surface area contributed by atoms with Gasteiger partial charge in [-0.05, 0) is 72.2 Å². The Morgan fingerprint density at radius 1 is 1.14 bits per heavy atom. The molecule has 28 heavy (non-hydrogen) atoms. The Morgan fingerprint density at radius 2 is 1.71 bits per heavy atom. The molecule has 0 saturated heterocycles. The molecule has 0 aliphatic heterocycles. The Balaban J connectivity index is 2.33. The van der Waals surface area contributed by atoms with E-state index in [2.05, 4.69) is 15.9 Å². The topological polar surface area (TPSA) is 91.8 Å². The fraction of sp³-hybridized carbons (Fsp3) is 0.263. The van der Waals surface area contributed by atoms with Crippen LogP contribution in [-0.4, -0.2) is 48.6 Å². The normalized spacial score (nSPS) is 11.9. The summed E-state index contributed by atoms with van der Waals surface area (Å²) in [6.07, 6.45) is -1.23. The van der Waals surface area contributed by atoms with Crippen LogP contribution in [0.25, 0.3) is 0 Å². The molecule has 2 aromatic carbocycles. The number of carboxylic acid groups (broad SMARTS) is 1. The molecule has 0 saturated carbocycles. The van der Waals surface area contributed by atoms with Gasteiger partial charge in [-0.15, -0.1) is 0 Å². The maximum Gasteiger partial charge on any atom is 0.407 e. The monoisotopic (exact) mass is 471 g/mol. The zero-order chi connectivity index (χ0) is 21.3. The smallest absolute Gasteiger partial charge is 0.407 e. The molecule has 0 unspecified atom stereocenters. The van der Waals surface area contributed by atoms with Crippen molar-refractivity contribution in [3.8, 4) is 0 Å². The number of carbonyl (C=O) groups is 2. The fourth-order valence-electron chi connectivity index (χ4n) is 2.53. The zero-order valence-corrected chi connectivity index (χ0v) is 17.8. The first-order valence-corrected chi connectivity index (χ1v) is 10.6. The summed E-state index contributed by atoms with van der Waals surface area (Å²) in [6, 6.07) is 9.01. The molecule has 0 fully saturated rings. The van der Waals surface area contributed by atoms with E-state index in [1.165, 1.54) is 63.4 Å². The summed E-state index contributed by atoms with van der Waals surface area (Å²) < 4.78 is 38.8. The van der Waals surface area contributed by atoms with Crippen LogP contribution in [0.2, 0.25) is 0 Å². The lowest BCUT2D eigenvalue weighted by Gasteiger charge is -2.33. The number of halogens is 2. The SMILES string of the molecule is CN(C(=O)O)C(C)(C)CS(=O)(=O)c1ccc(C(=O)c2ccc(F)cc2)c(Br)c1. The van der Waals surface area contributed by atoms with Crippen LogP contribution < -0.4 is 0 Å². The van der Waals surface area contributed by atoms with Crippen molar-refractivity contribution in [2.45, 2.75) is 24.3 Å². The molecule has 0 bridgehead atoms. The van der Waals surface area contributed by atoms with Crippen molar-refractivity contribution >= 4 is 37.6 Å². The average molecular weight is 472 g/mol. The lowest BCUT2D eigenvalue weighted by atomic mass is 10.0. The Hall–Kier alpha value is -2.26. The van der Waals surface area contributed by atoms with Crippen molar-refractivity contribution in [2.24, 2.45) is 0 Å². The second kappa shape index (κ2) is 8.00. The first kappa shape index (κ1) is 22.0. The van der Waals surface area contributed by atoms with Gasteiger partial charge in [-0.1, -0.05) is 0 Å². The van der Waals surface area contributed by atoms with E-state index in [1.54, 1.807) is 0 Å². The molecule has 150 valence electrons. The summed E-state index contributed by atoms with van der Waals surface area (Å²) in [7, 11) is -2.52. The van der Waals surface area contributed by atoms with Gasteiger partial charge < -0.3 is 10.0 Å². The molecule has 0 aliphatic carbocycles. The van der Waals surface area contributed by atoms with Crippen LogP contribution in [0.15, 0.2) is 51.8 Å². The zero-order valence-electron chi connectivity index (χ0n) is 15.4. The van der Waals surface area contributed by atoms with Gasteiger partial charge in [-0.25, -0.2) is 17.6 Å². The highest BCUT2D eigenvalue weighted by atomic mass is 79.9. The summed E-state index contributed by atoms with van der Waals surface area (Å²) in [5, 5.41) is 9.11. The first-order chi connectivity index (χ1) is 12.8. The van der Waals surface area contributed by atoms with Crippen LogP contribution in [-0.2, 0) is 9.84 Å². The first-order valence-electron chi connectivity index (χ1n) is 8.14. The second-order valence-corrected chi connectivity index (χ2v) is 9.73. The number of nitrogens with zero attached hydrogens (tertiary/aromatic N) is 1. The highest BCUT2D eigenvalue weighted by Crippen LogP contribution is 2.27. The van der Waals surface area contributed by atoms with Crippen LogP contribution in [0.4, 0.5) is 9.18 Å². The molecule has 1 N–H and O–H groups in total. The largest absolute Gasteiger partial charge is 0.465 e. The maximum absolute atomic E-state index is 13.0. The van der Waals surface area contributed by atoms with Crippen molar-refractivity contribution in [1.82, 2.24) is 4.90 Å². The molecule has 1 amide bonds. The number of sulfone groups is 1. The van der Waals surface area contributed by atoms with Gasteiger partial charge >= 0.3 is 6.09 Å². The van der Waals surface area contributed by atoms with E-state index >= 15 is 0 Å². The van der Waals surface area contributed by atoms with Crippen LogP contribution in [0.3, 0.4) is 0 Å². The van der Waals surface area contributed by atoms with Crippen molar-refractivity contribution in [3.63, 3.8) is 0 Å². The van der Waals surface area contributed by atoms with Crippen LogP contribution in [0.5, 0.6) is 0 Å². The van der Waals surface area contributed by atoms with Gasteiger partial charge in [-0.2, -0.15) is 0 Å². The highest BCUT2D eigenvalue weighted by molar-refractivity contribution is 9.10. The van der Waals surface area contributed by atoms with E-state index in [9.17, 15) is 22.4 Å². The van der Waals surface area contributed by atoms with Gasteiger partial charge in [0, 0.05) is 22.6 Å². The van der Waals surface area contributed by atoms with E-state index in [-0.39, 0.29) is 26.3 Å². The number of benzene rings is 2. The van der Waals surface area contributed by atoms with Gasteiger partial charge in [0.25, 0.3) is 0 Å². The molecule has 0 aromatic heterocycles. The van der Waals surface area contributed by atoms with Crippen molar-refractivity contribution in [1.29, 1.82) is 0 Å². The predicted octanol–water partition coefficient (Wildman–Crippen LogP) is 3.98. The third kappa shape index (κ3) is 4.77. The summed E-state index contributed by atoms with van der Waals surface area (Å²) in [5.74, 6) is -1.28. The third-order valence-electron chi connectivity index (χ3n) is 4.39. The van der Waals surface area contributed by atoms with E-state index in [4.69, 9.17) is 5.11 Å². The molecule has 0 spiro atoms. The van der Waals surface area contributed by atoms with Crippen molar-refractivity contribution in [3.05, 3.63) is 63.9 Å². The minimum atomic E-state index is -3.83. The Bertz CT molecular complexity index is 1020. The minimum Gasteiger partial charge on any atom is -0.465 e. The van der Waals surface area contributed by atoms with Gasteiger partial charge in [0.1, 0.15) is 5.82 Å². The summed E-state index contributed by atoms with van der Waals surface area (Å²) in [6.45, 7) is 3.03. The van der Waals surface area contributed by atoms with E-state index in [0.717, 1.165) is 4.90 Å². The highest BCUT2D eigenvalue weighted by Gasteiger charge is 2.34. The molecule has 0 heterocycles. The predicted molar refractivity (Wildman–Crippen MR) is 106 cm³/mol. The van der Waals surface area contributed by atoms with E-state index in [0.29, 0.717) is 0 Å². The van der Waals surface area contributed by atoms with Crippen LogP contribution in [0.1, 0.15) is 29.8 Å². The molecule has 0 aliphatic rings. The van der Waals surface area contributed by atoms with E-state index in [1.807, 2.05) is 0 Å². The molecule has 0 radical (unpaired) electrons. The molecule has 2 rings (SSSR count). The minimum absolute atomic E-state index is 0.0399. The van der Waals surface area contributed by atoms with Crippen molar-refractivity contribution in [2.75, 3.05) is 12.8 Å². The van der Waals surface area contributed by atoms with Gasteiger partial charge in [0.2, 0.25) is 0 Å². The molecular formula is C19H19BrFNO5S. The Morgan fingerprint density at radius 3 is 2.21 bits per heavy atom. The number of carbonyl (C=O) groups excluding carboxylic acids is 1. The molecule has 2 aromatic rings. The van der Waals surface area contributed by atoms with Gasteiger partial charge in [0.15, 0.2) is 15.6 Å². The fourth-order valence-corrected chi connectivity index (χ4v) is 5.11. The third-order valence-corrected chi connectivity index (χ3v) is 7.10. The lowest BCUT2D eigenvalue weighted by molar-refractivity contribution is 0.103.